The van der Waals surface area contributed by atoms with Gasteiger partial charge in [0.2, 0.25) is 5.91 Å². The van der Waals surface area contributed by atoms with E-state index in [0.717, 1.165) is 15.3 Å². The van der Waals surface area contributed by atoms with Crippen molar-refractivity contribution in [3.8, 4) is 0 Å². The maximum absolute atomic E-state index is 13.4. The van der Waals surface area contributed by atoms with Gasteiger partial charge in [0.25, 0.3) is 11.8 Å². The van der Waals surface area contributed by atoms with E-state index in [1.165, 1.54) is 40.5 Å². The van der Waals surface area contributed by atoms with E-state index in [1.807, 2.05) is 29.6 Å². The number of nitrogens with zero attached hydrogens (tertiary/aromatic N) is 2. The Morgan fingerprint density at radius 2 is 1.78 bits per heavy atom. The van der Waals surface area contributed by atoms with Gasteiger partial charge >= 0.3 is 0 Å². The second-order valence-electron chi connectivity index (χ2n) is 8.05. The van der Waals surface area contributed by atoms with Crippen LogP contribution in [-0.4, -0.2) is 28.7 Å². The molecule has 7 heteroatoms. The van der Waals surface area contributed by atoms with Crippen molar-refractivity contribution >= 4 is 34.7 Å². The Morgan fingerprint density at radius 1 is 1.09 bits per heavy atom. The van der Waals surface area contributed by atoms with Crippen LogP contribution in [-0.2, 0) is 16.1 Å². The standard InChI is InChI=1S/C25H23FN2O3S/c1-16(2)17-7-11-20(12-8-17)28-23(29)14-22(25(28)31)27(15-21-4-3-13-32-21)24(30)18-5-9-19(26)10-6-18/h3-13,16,22H,14-15H2,1-2H3. The Balaban J connectivity index is 1.64. The number of hydrogen-bond donors (Lipinski definition) is 0. The molecule has 164 valence electrons. The zero-order chi connectivity index (χ0) is 22.8. The van der Waals surface area contributed by atoms with Gasteiger partial charge in [0.05, 0.1) is 18.7 Å². The fraction of sp³-hybridized carbons (Fsp3) is 0.240. The first-order valence-electron chi connectivity index (χ1n) is 10.4. The van der Waals surface area contributed by atoms with Crippen molar-refractivity contribution in [1.82, 2.24) is 4.90 Å². The second kappa shape index (κ2) is 9.04. The maximum Gasteiger partial charge on any atom is 0.257 e. The first-order chi connectivity index (χ1) is 15.3. The van der Waals surface area contributed by atoms with Crippen LogP contribution in [0.25, 0.3) is 0 Å². The molecule has 1 fully saturated rings. The molecule has 0 saturated carbocycles. The molecular formula is C25H23FN2O3S. The summed E-state index contributed by atoms with van der Waals surface area (Å²) in [4.78, 5) is 43.0. The van der Waals surface area contributed by atoms with Crippen molar-refractivity contribution < 1.29 is 18.8 Å². The Kier molecular flexibility index (Phi) is 6.19. The lowest BCUT2D eigenvalue weighted by Crippen LogP contribution is -2.45. The highest BCUT2D eigenvalue weighted by atomic mass is 32.1. The summed E-state index contributed by atoms with van der Waals surface area (Å²) < 4.78 is 13.4. The molecule has 1 unspecified atom stereocenters. The number of carbonyl (C=O) groups is 3. The van der Waals surface area contributed by atoms with E-state index in [1.54, 1.807) is 12.1 Å². The first-order valence-corrected chi connectivity index (χ1v) is 11.3. The summed E-state index contributed by atoms with van der Waals surface area (Å²) in [5.74, 6) is -1.31. The van der Waals surface area contributed by atoms with Crippen LogP contribution in [0, 0.1) is 5.82 Å². The van der Waals surface area contributed by atoms with Gasteiger partial charge in [0.1, 0.15) is 11.9 Å². The van der Waals surface area contributed by atoms with Crippen LogP contribution in [0.5, 0.6) is 0 Å². The number of rotatable bonds is 6. The molecule has 3 aromatic rings. The van der Waals surface area contributed by atoms with E-state index in [9.17, 15) is 18.8 Å². The predicted octanol–water partition coefficient (Wildman–Crippen LogP) is 4.99. The van der Waals surface area contributed by atoms with E-state index in [4.69, 9.17) is 0 Å². The van der Waals surface area contributed by atoms with Gasteiger partial charge in [-0.1, -0.05) is 32.0 Å². The van der Waals surface area contributed by atoms with Crippen molar-refractivity contribution in [3.63, 3.8) is 0 Å². The first kappa shape index (κ1) is 21.9. The number of amides is 3. The van der Waals surface area contributed by atoms with Crippen LogP contribution in [0.1, 0.15) is 47.0 Å². The summed E-state index contributed by atoms with van der Waals surface area (Å²) in [5.41, 5.74) is 1.87. The highest BCUT2D eigenvalue weighted by Crippen LogP contribution is 2.29. The highest BCUT2D eigenvalue weighted by Gasteiger charge is 2.44. The van der Waals surface area contributed by atoms with E-state index >= 15 is 0 Å². The number of imide groups is 1. The summed E-state index contributed by atoms with van der Waals surface area (Å²) in [6.07, 6.45) is -0.0942. The highest BCUT2D eigenvalue weighted by molar-refractivity contribution is 7.09. The summed E-state index contributed by atoms with van der Waals surface area (Å²) in [6, 6.07) is 15.4. The van der Waals surface area contributed by atoms with Crippen LogP contribution in [0.4, 0.5) is 10.1 Å². The maximum atomic E-state index is 13.4. The van der Waals surface area contributed by atoms with Gasteiger partial charge in [0, 0.05) is 10.4 Å². The molecule has 1 saturated heterocycles. The quantitative estimate of drug-likeness (QED) is 0.498. The number of benzene rings is 2. The third-order valence-corrected chi connectivity index (χ3v) is 6.44. The number of thiophene rings is 1. The van der Waals surface area contributed by atoms with Crippen LogP contribution in [0.15, 0.2) is 66.0 Å². The average Bonchev–Trinajstić information content (AvgIpc) is 3.39. The normalized spacial score (nSPS) is 16.1. The largest absolute Gasteiger partial charge is 0.321 e. The van der Waals surface area contributed by atoms with Crippen molar-refractivity contribution in [1.29, 1.82) is 0 Å². The molecule has 5 nitrogen and oxygen atoms in total. The summed E-state index contributed by atoms with van der Waals surface area (Å²) in [5, 5.41) is 1.89. The lowest BCUT2D eigenvalue weighted by Gasteiger charge is -2.27. The minimum atomic E-state index is -0.924. The third kappa shape index (κ3) is 4.34. The molecule has 2 heterocycles. The lowest BCUT2D eigenvalue weighted by atomic mass is 10.0. The minimum Gasteiger partial charge on any atom is -0.321 e. The molecular weight excluding hydrogens is 427 g/mol. The molecule has 0 N–H and O–H groups in total. The molecule has 0 radical (unpaired) electrons. The van der Waals surface area contributed by atoms with E-state index in [2.05, 4.69) is 13.8 Å². The van der Waals surface area contributed by atoms with Crippen LogP contribution in [0.3, 0.4) is 0 Å². The molecule has 1 atom stereocenters. The van der Waals surface area contributed by atoms with Crippen molar-refractivity contribution in [2.24, 2.45) is 0 Å². The van der Waals surface area contributed by atoms with Gasteiger partial charge in [-0.2, -0.15) is 0 Å². The monoisotopic (exact) mass is 450 g/mol. The van der Waals surface area contributed by atoms with Gasteiger partial charge in [0.15, 0.2) is 0 Å². The Labute approximate surface area is 190 Å². The number of halogens is 1. The molecule has 0 aliphatic carbocycles. The average molecular weight is 451 g/mol. The fourth-order valence-corrected chi connectivity index (χ4v) is 4.49. The SMILES string of the molecule is CC(C)c1ccc(N2C(=O)CC(N(Cc3cccs3)C(=O)c3ccc(F)cc3)C2=O)cc1. The zero-order valence-electron chi connectivity index (χ0n) is 17.8. The van der Waals surface area contributed by atoms with Crippen molar-refractivity contribution in [3.05, 3.63) is 87.9 Å². The van der Waals surface area contributed by atoms with Gasteiger partial charge in [-0.15, -0.1) is 11.3 Å². The molecule has 0 bridgehead atoms. The fourth-order valence-electron chi connectivity index (χ4n) is 3.79. The smallest absolute Gasteiger partial charge is 0.257 e. The van der Waals surface area contributed by atoms with Gasteiger partial charge in [-0.05, 0) is 59.3 Å². The Bertz CT molecular complexity index is 1130. The van der Waals surface area contributed by atoms with E-state index in [-0.39, 0.29) is 24.4 Å². The van der Waals surface area contributed by atoms with Gasteiger partial charge in [-0.25, -0.2) is 9.29 Å². The molecule has 1 aliphatic heterocycles. The van der Waals surface area contributed by atoms with Gasteiger partial charge in [-0.3, -0.25) is 14.4 Å². The zero-order valence-corrected chi connectivity index (χ0v) is 18.6. The molecule has 32 heavy (non-hydrogen) atoms. The molecule has 3 amide bonds. The van der Waals surface area contributed by atoms with Crippen molar-refractivity contribution in [2.75, 3.05) is 4.90 Å². The van der Waals surface area contributed by atoms with E-state index in [0.29, 0.717) is 11.6 Å². The molecule has 1 aliphatic rings. The van der Waals surface area contributed by atoms with Crippen molar-refractivity contribution in [2.45, 2.75) is 38.8 Å². The van der Waals surface area contributed by atoms with E-state index < -0.39 is 23.7 Å². The Morgan fingerprint density at radius 3 is 2.38 bits per heavy atom. The van der Waals surface area contributed by atoms with Gasteiger partial charge < -0.3 is 4.90 Å². The predicted molar refractivity (Wildman–Crippen MR) is 122 cm³/mol. The number of anilines is 1. The molecule has 1 aromatic heterocycles. The van der Waals surface area contributed by atoms with Crippen LogP contribution < -0.4 is 4.90 Å². The number of carbonyl (C=O) groups excluding carboxylic acids is 3. The molecule has 2 aromatic carbocycles. The second-order valence-corrected chi connectivity index (χ2v) is 9.09. The van der Waals surface area contributed by atoms with Crippen LogP contribution in [0.2, 0.25) is 0 Å². The minimum absolute atomic E-state index is 0.0942. The Hall–Kier alpha value is -3.32. The molecule has 4 rings (SSSR count). The summed E-state index contributed by atoms with van der Waals surface area (Å²) in [6.45, 7) is 4.33. The topological polar surface area (TPSA) is 57.7 Å². The lowest BCUT2D eigenvalue weighted by molar-refractivity contribution is -0.122. The molecule has 0 spiro atoms. The number of hydrogen-bond acceptors (Lipinski definition) is 4. The summed E-state index contributed by atoms with van der Waals surface area (Å²) in [7, 11) is 0. The summed E-state index contributed by atoms with van der Waals surface area (Å²) >= 11 is 1.46. The third-order valence-electron chi connectivity index (χ3n) is 5.58. The van der Waals surface area contributed by atoms with Crippen LogP contribution >= 0.6 is 11.3 Å².